The monoisotopic (exact) mass is 562 g/mol. The zero-order valence-electron chi connectivity index (χ0n) is 19.1. The summed E-state index contributed by atoms with van der Waals surface area (Å²) in [7, 11) is 1.55. The van der Waals surface area contributed by atoms with Gasteiger partial charge in [0.05, 0.1) is 42.2 Å². The molecule has 0 bridgehead atoms. The Kier molecular flexibility index (Phi) is 7.39. The van der Waals surface area contributed by atoms with Crippen LogP contribution in [0.5, 0.6) is 11.5 Å². The van der Waals surface area contributed by atoms with E-state index in [2.05, 4.69) is 20.9 Å². The summed E-state index contributed by atoms with van der Waals surface area (Å²) in [5.41, 5.74) is 1.26. The average molecular weight is 563 g/mol. The van der Waals surface area contributed by atoms with Gasteiger partial charge in [-0.1, -0.05) is 33.3 Å². The molecule has 1 aliphatic heterocycles. The van der Waals surface area contributed by atoms with Crippen molar-refractivity contribution in [3.8, 4) is 11.5 Å². The second-order valence-electron chi connectivity index (χ2n) is 7.28. The summed E-state index contributed by atoms with van der Waals surface area (Å²) in [5.74, 6) is 0.545. The Bertz CT molecular complexity index is 1440. The van der Waals surface area contributed by atoms with Gasteiger partial charge in [-0.2, -0.15) is 0 Å². The van der Waals surface area contributed by atoms with E-state index in [0.29, 0.717) is 48.7 Å². The van der Waals surface area contributed by atoms with E-state index >= 15 is 0 Å². The minimum atomic E-state index is -0.750. The van der Waals surface area contributed by atoms with Crippen LogP contribution in [0.25, 0.3) is 6.08 Å². The summed E-state index contributed by atoms with van der Waals surface area (Å²) in [6.07, 6.45) is 1.85. The molecular formula is C24H23BrN2O5S2. The van der Waals surface area contributed by atoms with Gasteiger partial charge in [0.1, 0.15) is 0 Å². The van der Waals surface area contributed by atoms with Gasteiger partial charge >= 0.3 is 5.97 Å². The Morgan fingerprint density at radius 1 is 1.26 bits per heavy atom. The van der Waals surface area contributed by atoms with Crippen molar-refractivity contribution in [3.05, 3.63) is 75.5 Å². The molecule has 3 aromatic rings. The van der Waals surface area contributed by atoms with Crippen LogP contribution in [0.4, 0.5) is 0 Å². The van der Waals surface area contributed by atoms with Gasteiger partial charge in [0.15, 0.2) is 16.3 Å². The smallest absolute Gasteiger partial charge is 0.338 e. The van der Waals surface area contributed by atoms with Gasteiger partial charge in [0.2, 0.25) is 0 Å². The minimum Gasteiger partial charge on any atom is -0.493 e. The van der Waals surface area contributed by atoms with Crippen LogP contribution in [-0.4, -0.2) is 30.9 Å². The predicted molar refractivity (Wildman–Crippen MR) is 137 cm³/mol. The maximum absolute atomic E-state index is 13.6. The number of thiazole rings is 1. The number of carbonyl (C=O) groups is 1. The average Bonchev–Trinajstić information content (AvgIpc) is 3.42. The van der Waals surface area contributed by atoms with Gasteiger partial charge in [0, 0.05) is 9.35 Å². The summed E-state index contributed by atoms with van der Waals surface area (Å²) < 4.78 is 19.4. The van der Waals surface area contributed by atoms with Crippen LogP contribution in [0.15, 0.2) is 55.2 Å². The third kappa shape index (κ3) is 4.49. The van der Waals surface area contributed by atoms with E-state index in [0.717, 1.165) is 4.88 Å². The van der Waals surface area contributed by atoms with Gasteiger partial charge in [-0.25, -0.2) is 9.79 Å². The molecule has 0 radical (unpaired) electrons. The number of aromatic nitrogens is 1. The van der Waals surface area contributed by atoms with Gasteiger partial charge < -0.3 is 14.2 Å². The Labute approximate surface area is 212 Å². The molecule has 0 saturated heterocycles. The van der Waals surface area contributed by atoms with Crippen LogP contribution >= 0.6 is 38.6 Å². The molecular weight excluding hydrogens is 540 g/mol. The highest BCUT2D eigenvalue weighted by Gasteiger charge is 2.35. The first-order chi connectivity index (χ1) is 16.4. The van der Waals surface area contributed by atoms with Crippen LogP contribution in [0, 0.1) is 0 Å². The van der Waals surface area contributed by atoms with E-state index in [1.807, 2.05) is 30.5 Å². The molecule has 0 saturated carbocycles. The highest BCUT2D eigenvalue weighted by atomic mass is 79.9. The molecule has 4 rings (SSSR count). The van der Waals surface area contributed by atoms with Crippen molar-refractivity contribution in [1.29, 1.82) is 0 Å². The number of benzene rings is 1. The summed E-state index contributed by atoms with van der Waals surface area (Å²) in [6.45, 7) is 6.06. The van der Waals surface area contributed by atoms with E-state index in [9.17, 15) is 9.59 Å². The second-order valence-corrected chi connectivity index (χ2v) is 10.1. The molecule has 1 aliphatic rings. The number of carbonyl (C=O) groups excluding carboxylic acids is 1. The Morgan fingerprint density at radius 3 is 2.71 bits per heavy atom. The summed E-state index contributed by atoms with van der Waals surface area (Å²) in [4.78, 5) is 32.8. The molecule has 7 nitrogen and oxygen atoms in total. The fraction of sp³-hybridized carbons (Fsp3) is 0.292. The van der Waals surface area contributed by atoms with Gasteiger partial charge in [-0.15, -0.1) is 11.3 Å². The largest absolute Gasteiger partial charge is 0.493 e. The standard InChI is InChI=1S/C24H23BrN2O5S2/c1-5-31-18-12-16(25)15(11-17(18)30-4)21-20(23(29)32-6-2)13(3)26-24-27(21)22(28)19(34-24)10-14-8-7-9-33-14/h7-12,21H,5-6H2,1-4H3/b19-10+/t21-/m1/s1. The SMILES string of the molecule is CCOC(=O)C1=C(C)N=c2s/c(=C/c3cccs3)c(=O)n2[C@@H]1c1cc(OC)c(OCC)cc1Br. The number of esters is 1. The van der Waals surface area contributed by atoms with Crippen molar-refractivity contribution in [2.24, 2.45) is 4.99 Å². The normalized spacial score (nSPS) is 15.7. The molecule has 0 unspecified atom stereocenters. The highest BCUT2D eigenvalue weighted by Crippen LogP contribution is 2.41. The molecule has 34 heavy (non-hydrogen) atoms. The third-order valence-electron chi connectivity index (χ3n) is 5.21. The fourth-order valence-electron chi connectivity index (χ4n) is 3.78. The number of ether oxygens (including phenoxy) is 3. The van der Waals surface area contributed by atoms with E-state index in [1.54, 1.807) is 49.0 Å². The van der Waals surface area contributed by atoms with E-state index < -0.39 is 12.0 Å². The van der Waals surface area contributed by atoms with E-state index in [1.165, 1.54) is 11.3 Å². The molecule has 1 atom stereocenters. The lowest BCUT2D eigenvalue weighted by atomic mass is 9.95. The topological polar surface area (TPSA) is 79.1 Å². The number of thiophene rings is 1. The van der Waals surface area contributed by atoms with Crippen molar-refractivity contribution < 1.29 is 19.0 Å². The van der Waals surface area contributed by atoms with Crippen molar-refractivity contribution in [3.63, 3.8) is 0 Å². The number of hydrogen-bond donors (Lipinski definition) is 0. The first kappa shape index (κ1) is 24.4. The molecule has 178 valence electrons. The number of hydrogen-bond acceptors (Lipinski definition) is 8. The lowest BCUT2D eigenvalue weighted by molar-refractivity contribution is -0.139. The minimum absolute atomic E-state index is 0.207. The van der Waals surface area contributed by atoms with Crippen LogP contribution in [0.1, 0.15) is 37.3 Å². The summed E-state index contributed by atoms with van der Waals surface area (Å²) in [6, 6.07) is 6.71. The van der Waals surface area contributed by atoms with Crippen molar-refractivity contribution in [2.45, 2.75) is 26.8 Å². The maximum Gasteiger partial charge on any atom is 0.338 e. The first-order valence-corrected chi connectivity index (χ1v) is 13.1. The number of nitrogens with zero attached hydrogens (tertiary/aromatic N) is 2. The van der Waals surface area contributed by atoms with Crippen LogP contribution < -0.4 is 24.4 Å². The zero-order chi connectivity index (χ0) is 24.4. The summed E-state index contributed by atoms with van der Waals surface area (Å²) >= 11 is 6.46. The van der Waals surface area contributed by atoms with Gasteiger partial charge in [-0.05, 0) is 56.0 Å². The van der Waals surface area contributed by atoms with Crippen LogP contribution in [0.2, 0.25) is 0 Å². The Balaban J connectivity index is 2.00. The third-order valence-corrected chi connectivity index (χ3v) is 7.70. The summed E-state index contributed by atoms with van der Waals surface area (Å²) in [5, 5.41) is 1.96. The lowest BCUT2D eigenvalue weighted by Crippen LogP contribution is -2.40. The fourth-order valence-corrected chi connectivity index (χ4v) is 6.09. The molecule has 0 fully saturated rings. The van der Waals surface area contributed by atoms with Crippen LogP contribution in [-0.2, 0) is 9.53 Å². The zero-order valence-corrected chi connectivity index (χ0v) is 22.3. The number of halogens is 1. The van der Waals surface area contributed by atoms with Gasteiger partial charge in [-0.3, -0.25) is 9.36 Å². The second kappa shape index (κ2) is 10.3. The van der Waals surface area contributed by atoms with Gasteiger partial charge in [0.25, 0.3) is 5.56 Å². The van der Waals surface area contributed by atoms with Crippen molar-refractivity contribution >= 4 is 50.6 Å². The lowest BCUT2D eigenvalue weighted by Gasteiger charge is -2.26. The van der Waals surface area contributed by atoms with E-state index in [4.69, 9.17) is 14.2 Å². The Hall–Kier alpha value is -2.69. The molecule has 1 aromatic carbocycles. The quantitative estimate of drug-likeness (QED) is 0.406. The van der Waals surface area contributed by atoms with Crippen LogP contribution in [0.3, 0.4) is 0 Å². The highest BCUT2D eigenvalue weighted by molar-refractivity contribution is 9.10. The van der Waals surface area contributed by atoms with E-state index in [-0.39, 0.29) is 12.2 Å². The number of methoxy groups -OCH3 is 1. The molecule has 3 heterocycles. The molecule has 0 N–H and O–H groups in total. The Morgan fingerprint density at radius 2 is 2.06 bits per heavy atom. The maximum atomic E-state index is 13.6. The number of rotatable bonds is 7. The number of fused-ring (bicyclic) bond motifs is 1. The first-order valence-electron chi connectivity index (χ1n) is 10.6. The van der Waals surface area contributed by atoms with Crippen molar-refractivity contribution in [1.82, 2.24) is 4.57 Å². The molecule has 2 aromatic heterocycles. The predicted octanol–water partition coefficient (Wildman–Crippen LogP) is 4.03. The van der Waals surface area contributed by atoms with Crippen molar-refractivity contribution in [2.75, 3.05) is 20.3 Å². The molecule has 10 heteroatoms. The number of allylic oxidation sites excluding steroid dienone is 1. The molecule has 0 spiro atoms. The molecule has 0 aliphatic carbocycles. The molecule has 0 amide bonds.